The van der Waals surface area contributed by atoms with E-state index in [4.69, 9.17) is 0 Å². The molecular weight excluding hydrogens is 284 g/mol. The SMILES string of the molecule is COC(=O)C(=Cc1cnc(SC(C)=O)n1C)C(=O)OC. The van der Waals surface area contributed by atoms with Crippen molar-refractivity contribution in [2.75, 3.05) is 14.2 Å². The molecule has 1 heterocycles. The lowest BCUT2D eigenvalue weighted by molar-refractivity contribution is -0.143. The number of aromatic nitrogens is 2. The second-order valence-corrected chi connectivity index (χ2v) is 4.80. The highest BCUT2D eigenvalue weighted by molar-refractivity contribution is 8.13. The normalized spacial score (nSPS) is 9.80. The van der Waals surface area contributed by atoms with Gasteiger partial charge in [0.25, 0.3) is 0 Å². The molecule has 0 aliphatic carbocycles. The van der Waals surface area contributed by atoms with E-state index in [0.29, 0.717) is 10.9 Å². The largest absolute Gasteiger partial charge is 0.465 e. The number of nitrogens with zero attached hydrogens (tertiary/aromatic N) is 2. The molecular formula is C12H14N2O5S. The Kier molecular flexibility index (Phi) is 5.51. The first-order chi connectivity index (χ1) is 9.40. The molecule has 0 aromatic carbocycles. The lowest BCUT2D eigenvalue weighted by atomic mass is 10.2. The highest BCUT2D eigenvalue weighted by Crippen LogP contribution is 2.19. The zero-order chi connectivity index (χ0) is 15.3. The van der Waals surface area contributed by atoms with E-state index >= 15 is 0 Å². The van der Waals surface area contributed by atoms with Crippen LogP contribution in [-0.2, 0) is 30.9 Å². The van der Waals surface area contributed by atoms with Crippen molar-refractivity contribution in [3.8, 4) is 0 Å². The van der Waals surface area contributed by atoms with E-state index in [9.17, 15) is 14.4 Å². The molecule has 0 radical (unpaired) electrons. The van der Waals surface area contributed by atoms with Crippen LogP contribution >= 0.6 is 11.8 Å². The van der Waals surface area contributed by atoms with Crippen LogP contribution in [0.15, 0.2) is 16.9 Å². The van der Waals surface area contributed by atoms with Gasteiger partial charge in [0.15, 0.2) is 10.3 Å². The number of hydrogen-bond donors (Lipinski definition) is 0. The van der Waals surface area contributed by atoms with Crippen molar-refractivity contribution in [3.63, 3.8) is 0 Å². The van der Waals surface area contributed by atoms with Crippen molar-refractivity contribution >= 4 is 34.9 Å². The third kappa shape index (κ3) is 3.70. The second kappa shape index (κ2) is 6.90. The van der Waals surface area contributed by atoms with Crippen LogP contribution in [-0.4, -0.2) is 40.8 Å². The monoisotopic (exact) mass is 298 g/mol. The minimum atomic E-state index is -0.807. The number of esters is 2. The first kappa shape index (κ1) is 16.0. The summed E-state index contributed by atoms with van der Waals surface area (Å²) in [6.45, 7) is 1.42. The van der Waals surface area contributed by atoms with E-state index in [1.807, 2.05) is 0 Å². The lowest BCUT2D eigenvalue weighted by Crippen LogP contribution is -2.16. The van der Waals surface area contributed by atoms with Gasteiger partial charge in [-0.05, 0) is 17.8 Å². The summed E-state index contributed by atoms with van der Waals surface area (Å²) in [6, 6.07) is 0. The predicted octanol–water partition coefficient (Wildman–Crippen LogP) is 0.788. The smallest absolute Gasteiger partial charge is 0.345 e. The number of methoxy groups -OCH3 is 2. The summed E-state index contributed by atoms with van der Waals surface area (Å²) < 4.78 is 10.6. The quantitative estimate of drug-likeness (QED) is 0.267. The maximum Gasteiger partial charge on any atom is 0.345 e. The van der Waals surface area contributed by atoms with Crippen molar-refractivity contribution < 1.29 is 23.9 Å². The zero-order valence-electron chi connectivity index (χ0n) is 11.5. The van der Waals surface area contributed by atoms with Crippen LogP contribution in [0, 0.1) is 0 Å². The summed E-state index contributed by atoms with van der Waals surface area (Å²) in [6.07, 6.45) is 2.74. The summed E-state index contributed by atoms with van der Waals surface area (Å²) in [7, 11) is 4.00. The van der Waals surface area contributed by atoms with Crippen molar-refractivity contribution in [1.29, 1.82) is 0 Å². The van der Waals surface area contributed by atoms with Gasteiger partial charge in [0, 0.05) is 14.0 Å². The lowest BCUT2D eigenvalue weighted by Gasteiger charge is -2.04. The van der Waals surface area contributed by atoms with Gasteiger partial charge in [-0.2, -0.15) is 0 Å². The maximum atomic E-state index is 11.5. The molecule has 0 saturated heterocycles. The van der Waals surface area contributed by atoms with Gasteiger partial charge < -0.3 is 14.0 Å². The molecule has 8 heteroatoms. The molecule has 0 bridgehead atoms. The van der Waals surface area contributed by atoms with E-state index in [0.717, 1.165) is 11.8 Å². The molecule has 1 aromatic heterocycles. The van der Waals surface area contributed by atoms with Gasteiger partial charge in [0.1, 0.15) is 5.57 Å². The summed E-state index contributed by atoms with van der Waals surface area (Å²) in [4.78, 5) is 38.2. The summed E-state index contributed by atoms with van der Waals surface area (Å²) in [5.74, 6) is -1.61. The van der Waals surface area contributed by atoms with E-state index < -0.39 is 11.9 Å². The average molecular weight is 298 g/mol. The number of hydrogen-bond acceptors (Lipinski definition) is 7. The standard InChI is InChI=1S/C12H14N2O5S/c1-7(15)20-12-13-6-8(14(12)2)5-9(10(16)18-3)11(17)19-4/h5-6H,1-4H3. The fourth-order valence-electron chi connectivity index (χ4n) is 1.33. The Morgan fingerprint density at radius 3 is 2.25 bits per heavy atom. The van der Waals surface area contributed by atoms with Gasteiger partial charge >= 0.3 is 11.9 Å². The summed E-state index contributed by atoms with van der Waals surface area (Å²) >= 11 is 0.953. The van der Waals surface area contributed by atoms with Gasteiger partial charge in [-0.25, -0.2) is 14.6 Å². The number of ether oxygens (including phenoxy) is 2. The molecule has 0 unspecified atom stereocenters. The Labute approximate surface area is 119 Å². The first-order valence-electron chi connectivity index (χ1n) is 5.49. The molecule has 20 heavy (non-hydrogen) atoms. The highest BCUT2D eigenvalue weighted by Gasteiger charge is 2.21. The fraction of sp³-hybridized carbons (Fsp3) is 0.333. The molecule has 1 rings (SSSR count). The van der Waals surface area contributed by atoms with Crippen molar-refractivity contribution in [2.24, 2.45) is 7.05 Å². The van der Waals surface area contributed by atoms with Gasteiger partial charge in [-0.15, -0.1) is 0 Å². The van der Waals surface area contributed by atoms with Gasteiger partial charge in [0.05, 0.1) is 26.1 Å². The Bertz CT molecular complexity index is 558. The minimum absolute atomic E-state index is 0.115. The van der Waals surface area contributed by atoms with Crippen LogP contribution in [0.25, 0.3) is 6.08 Å². The number of carbonyl (C=O) groups excluding carboxylic acids is 3. The molecule has 0 saturated carbocycles. The maximum absolute atomic E-state index is 11.5. The van der Waals surface area contributed by atoms with Crippen LogP contribution in [0.2, 0.25) is 0 Å². The minimum Gasteiger partial charge on any atom is -0.465 e. The van der Waals surface area contributed by atoms with Crippen molar-refractivity contribution in [1.82, 2.24) is 9.55 Å². The summed E-state index contributed by atoms with van der Waals surface area (Å²) in [5, 5.41) is 0.341. The Balaban J connectivity index is 3.18. The van der Waals surface area contributed by atoms with Crippen molar-refractivity contribution in [2.45, 2.75) is 12.1 Å². The van der Waals surface area contributed by atoms with Crippen LogP contribution in [0.5, 0.6) is 0 Å². The van der Waals surface area contributed by atoms with E-state index in [2.05, 4.69) is 14.5 Å². The molecule has 7 nitrogen and oxygen atoms in total. The highest BCUT2D eigenvalue weighted by atomic mass is 32.2. The number of rotatable bonds is 4. The molecule has 1 aromatic rings. The Hall–Kier alpha value is -2.09. The van der Waals surface area contributed by atoms with E-state index in [-0.39, 0.29) is 10.7 Å². The fourth-order valence-corrected chi connectivity index (χ4v) is 1.94. The van der Waals surface area contributed by atoms with Crippen LogP contribution in [0.1, 0.15) is 12.6 Å². The molecule has 0 N–H and O–H groups in total. The van der Waals surface area contributed by atoms with E-state index in [1.54, 1.807) is 11.6 Å². The van der Waals surface area contributed by atoms with Crippen molar-refractivity contribution in [3.05, 3.63) is 17.5 Å². The van der Waals surface area contributed by atoms with Crippen LogP contribution in [0.4, 0.5) is 0 Å². The van der Waals surface area contributed by atoms with Crippen LogP contribution in [0.3, 0.4) is 0 Å². The molecule has 0 spiro atoms. The molecule has 0 amide bonds. The number of imidazole rings is 1. The first-order valence-corrected chi connectivity index (χ1v) is 6.30. The number of carbonyl (C=O) groups is 3. The molecule has 0 fully saturated rings. The Morgan fingerprint density at radius 2 is 1.80 bits per heavy atom. The third-order valence-corrected chi connectivity index (χ3v) is 3.17. The Morgan fingerprint density at radius 1 is 1.25 bits per heavy atom. The molecule has 0 atom stereocenters. The molecule has 0 aliphatic heterocycles. The van der Waals surface area contributed by atoms with E-state index in [1.165, 1.54) is 33.4 Å². The van der Waals surface area contributed by atoms with Gasteiger partial charge in [-0.3, -0.25) is 4.79 Å². The number of thioether (sulfide) groups is 1. The molecule has 108 valence electrons. The average Bonchev–Trinajstić information content (AvgIpc) is 2.75. The van der Waals surface area contributed by atoms with Gasteiger partial charge in [-0.1, -0.05) is 0 Å². The topological polar surface area (TPSA) is 87.5 Å². The summed E-state index contributed by atoms with van der Waals surface area (Å²) in [5.41, 5.74) is 0.219. The van der Waals surface area contributed by atoms with Gasteiger partial charge in [0.2, 0.25) is 0 Å². The second-order valence-electron chi connectivity index (χ2n) is 3.66. The van der Waals surface area contributed by atoms with Crippen LogP contribution < -0.4 is 0 Å². The third-order valence-electron chi connectivity index (χ3n) is 2.32. The molecule has 0 aliphatic rings. The predicted molar refractivity (Wildman–Crippen MR) is 71.8 cm³/mol. The zero-order valence-corrected chi connectivity index (χ0v) is 12.3.